The minimum absolute atomic E-state index is 0.0353. The Kier molecular flexibility index (Phi) is 14.3. The summed E-state index contributed by atoms with van der Waals surface area (Å²) in [5, 5.41) is 45.5. The average Bonchev–Trinajstić information content (AvgIpc) is 4.11. The molecule has 19 nitrogen and oxygen atoms in total. The normalized spacial score (nSPS) is 20.9. The molecule has 8 heterocycles. The standard InChI is InChI=1S/C60H62ClFN12O7/c1-32(2)55(59(78)73-28-41(76)21-50(73)58(77)66-49(30-75)37-13-9-34(10-14-37)38-4-3-17-63-24-38)74-29-48(70-71-74)36-7-5-33(6-8-36)31-80-56-52(51-45-26-65-69-47(45)23-46(62)53(51)61)43(35-11-12-35)22-44-54(56)67-60(81-42-15-18-79-19-16-42)68-57(44)72-27-39-20-40(72)25-64-39/h3-10,13-14,17,22-24,26,29,32,35,39-42,49-50,55,64,75-76H,11-12,15-16,18-21,25,27-28,30-31H2,1-2H3,(H,65,69)(H,66,77)/t39-,40-,41+,49-,50-,55-/m0/s1. The Morgan fingerprint density at radius 2 is 1.74 bits per heavy atom. The van der Waals surface area contributed by atoms with Crippen molar-refractivity contribution in [3.63, 3.8) is 0 Å². The smallest absolute Gasteiger partial charge is 0.319 e. The van der Waals surface area contributed by atoms with E-state index >= 15 is 4.39 Å². The van der Waals surface area contributed by atoms with E-state index in [4.69, 9.17) is 35.8 Å². The van der Waals surface area contributed by atoms with Gasteiger partial charge in [0.25, 0.3) is 0 Å². The Labute approximate surface area is 471 Å². The molecule has 6 atom stereocenters. The second-order valence-corrected chi connectivity index (χ2v) is 22.8. The van der Waals surface area contributed by atoms with Crippen LogP contribution < -0.4 is 25.0 Å². The second-order valence-electron chi connectivity index (χ2n) is 22.4. The molecule has 21 heteroatoms. The van der Waals surface area contributed by atoms with Crippen LogP contribution in [0.25, 0.3) is 55.3 Å². The first kappa shape index (κ1) is 52.7. The number of pyridine rings is 1. The number of carbonyl (C=O) groups is 2. The summed E-state index contributed by atoms with van der Waals surface area (Å²) in [4.78, 5) is 47.0. The zero-order chi connectivity index (χ0) is 55.5. The van der Waals surface area contributed by atoms with Crippen molar-refractivity contribution >= 4 is 51.0 Å². The maximum Gasteiger partial charge on any atom is 0.319 e. The molecule has 0 unspecified atom stereocenters. The molecule has 13 rings (SSSR count). The number of nitrogens with one attached hydrogen (secondary N) is 3. The minimum atomic E-state index is -0.988. The molecular weight excluding hydrogens is 1060 g/mol. The Morgan fingerprint density at radius 1 is 0.938 bits per heavy atom. The number of halogens is 2. The molecule has 4 aliphatic heterocycles. The molecule has 5 aliphatic rings. The maximum absolute atomic E-state index is 16.0. The van der Waals surface area contributed by atoms with Gasteiger partial charge in [-0.1, -0.05) is 85.3 Å². The summed E-state index contributed by atoms with van der Waals surface area (Å²) in [6.45, 7) is 6.25. The number of fused-ring (bicyclic) bond motifs is 4. The number of ether oxygens (including phenoxy) is 3. The molecule has 81 heavy (non-hydrogen) atoms. The van der Waals surface area contributed by atoms with Crippen LogP contribution in [0.4, 0.5) is 10.2 Å². The third-order valence-corrected chi connectivity index (χ3v) is 17.0. The maximum atomic E-state index is 16.0. The monoisotopic (exact) mass is 1120 g/mol. The van der Waals surface area contributed by atoms with Crippen LogP contribution in [0, 0.1) is 11.7 Å². The summed E-state index contributed by atoms with van der Waals surface area (Å²) in [6, 6.07) is 20.7. The van der Waals surface area contributed by atoms with E-state index in [1.807, 2.05) is 74.5 Å². The lowest BCUT2D eigenvalue weighted by Gasteiger charge is -2.31. The number of H-pyrrole nitrogens is 1. The lowest BCUT2D eigenvalue weighted by Crippen LogP contribution is -2.50. The first-order valence-electron chi connectivity index (χ1n) is 27.9. The summed E-state index contributed by atoms with van der Waals surface area (Å²) < 4.78 is 36.9. The Balaban J connectivity index is 0.785. The largest absolute Gasteiger partial charge is 0.486 e. The van der Waals surface area contributed by atoms with Gasteiger partial charge in [-0.05, 0) is 71.0 Å². The summed E-state index contributed by atoms with van der Waals surface area (Å²) in [6.07, 6.45) is 10.1. The van der Waals surface area contributed by atoms with Crippen molar-refractivity contribution in [2.24, 2.45) is 5.92 Å². The van der Waals surface area contributed by atoms with Gasteiger partial charge < -0.3 is 44.9 Å². The van der Waals surface area contributed by atoms with Crippen LogP contribution in [0.1, 0.15) is 87.1 Å². The molecule has 4 saturated heterocycles. The molecule has 4 aromatic carbocycles. The zero-order valence-corrected chi connectivity index (χ0v) is 45.6. The van der Waals surface area contributed by atoms with Gasteiger partial charge in [-0.25, -0.2) is 9.07 Å². The number of aliphatic hydroxyl groups is 2. The lowest BCUT2D eigenvalue weighted by atomic mass is 9.91. The van der Waals surface area contributed by atoms with Crippen molar-refractivity contribution in [3.05, 3.63) is 125 Å². The van der Waals surface area contributed by atoms with Crippen LogP contribution in [0.5, 0.6) is 11.8 Å². The Morgan fingerprint density at radius 3 is 2.46 bits per heavy atom. The number of nitrogens with zero attached hydrogens (tertiary/aromatic N) is 9. The van der Waals surface area contributed by atoms with E-state index in [-0.39, 0.29) is 67.1 Å². The van der Waals surface area contributed by atoms with Crippen molar-refractivity contribution in [1.29, 1.82) is 0 Å². The fourth-order valence-corrected chi connectivity index (χ4v) is 12.5. The number of piperazine rings is 1. The third kappa shape index (κ3) is 10.3. The molecular formula is C60H62ClFN12O7. The number of carbonyl (C=O) groups excluding carboxylic acids is 2. The van der Waals surface area contributed by atoms with Crippen LogP contribution in [0.2, 0.25) is 5.02 Å². The zero-order valence-electron chi connectivity index (χ0n) is 44.8. The van der Waals surface area contributed by atoms with E-state index < -0.39 is 36.0 Å². The van der Waals surface area contributed by atoms with Crippen LogP contribution in [0.15, 0.2) is 97.6 Å². The number of hydrogen-bond donors (Lipinski definition) is 5. The van der Waals surface area contributed by atoms with Crippen molar-refractivity contribution in [2.75, 3.05) is 44.4 Å². The van der Waals surface area contributed by atoms with Crippen LogP contribution >= 0.6 is 11.6 Å². The molecule has 5 N–H and O–H groups in total. The highest BCUT2D eigenvalue weighted by Gasteiger charge is 2.44. The Hall–Kier alpha value is -7.62. The van der Waals surface area contributed by atoms with E-state index in [1.54, 1.807) is 24.8 Å². The highest BCUT2D eigenvalue weighted by Crippen LogP contribution is 2.54. The van der Waals surface area contributed by atoms with Crippen molar-refractivity contribution in [3.8, 4) is 45.3 Å². The molecule has 1 aliphatic carbocycles. The number of aromatic nitrogens is 8. The quantitative estimate of drug-likeness (QED) is 0.0584. The predicted octanol–water partition coefficient (Wildman–Crippen LogP) is 7.86. The van der Waals surface area contributed by atoms with Gasteiger partial charge in [0, 0.05) is 96.9 Å². The van der Waals surface area contributed by atoms with Gasteiger partial charge in [-0.15, -0.1) is 5.10 Å². The number of aliphatic hydroxyl groups excluding tert-OH is 2. The summed E-state index contributed by atoms with van der Waals surface area (Å²) in [5.41, 5.74) is 7.75. The van der Waals surface area contributed by atoms with Crippen molar-refractivity contribution in [2.45, 2.75) is 107 Å². The van der Waals surface area contributed by atoms with E-state index in [2.05, 4.69) is 47.1 Å². The van der Waals surface area contributed by atoms with Gasteiger partial charge in [0.15, 0.2) is 5.75 Å². The Bertz CT molecular complexity index is 3630. The average molecular weight is 1120 g/mol. The van der Waals surface area contributed by atoms with Crippen molar-refractivity contribution < 1.29 is 38.4 Å². The SMILES string of the molecule is CC(C)[C@@H](C(=O)N1C[C@H](O)C[C@H]1C(=O)N[C@@H](CO)c1ccc(-c2cccnc2)cc1)n1cc(-c2ccc(COc3c(-c4c(Cl)c(F)cc5[nH]ncc45)c(C4CC4)cc4c(N5C[C@@H]6C[C@H]5CN6)nc(OC5CCOCC5)nc34)cc2)nn1. The minimum Gasteiger partial charge on any atom is -0.486 e. The molecule has 8 aromatic rings. The molecule has 2 bridgehead atoms. The number of β-amino-alcohol motifs (C(OH)–C–C–N with tert-alkyl or cyclic N) is 1. The highest BCUT2D eigenvalue weighted by atomic mass is 35.5. The van der Waals surface area contributed by atoms with E-state index in [0.717, 1.165) is 71.4 Å². The molecule has 1 saturated carbocycles. The molecule has 4 aromatic heterocycles. The predicted molar refractivity (Wildman–Crippen MR) is 301 cm³/mol. The summed E-state index contributed by atoms with van der Waals surface area (Å²) >= 11 is 7.06. The van der Waals surface area contributed by atoms with E-state index in [1.165, 1.54) is 15.6 Å². The molecule has 418 valence electrons. The number of aromatic amines is 1. The molecule has 0 radical (unpaired) electrons. The number of rotatable bonds is 17. The van der Waals surface area contributed by atoms with Crippen LogP contribution in [-0.4, -0.2) is 137 Å². The number of benzene rings is 4. The highest BCUT2D eigenvalue weighted by molar-refractivity contribution is 6.35. The number of hydrogen-bond acceptors (Lipinski definition) is 15. The van der Waals surface area contributed by atoms with Gasteiger partial charge in [-0.3, -0.25) is 19.7 Å². The van der Waals surface area contributed by atoms with Gasteiger partial charge in [0.05, 0.1) is 54.9 Å². The van der Waals surface area contributed by atoms with Gasteiger partial charge in [0.2, 0.25) is 11.8 Å². The molecule has 0 spiro atoms. The third-order valence-electron chi connectivity index (χ3n) is 16.6. The topological polar surface area (TPSA) is 231 Å². The second kappa shape index (κ2) is 22.0. The first-order chi connectivity index (χ1) is 39.5. The summed E-state index contributed by atoms with van der Waals surface area (Å²) in [5.74, 6) is -0.359. The fraction of sp³-hybridized carbons (Fsp3) is 0.400. The number of likely N-dealkylation sites (tertiary alicyclic amines) is 1. The number of anilines is 1. The van der Waals surface area contributed by atoms with Gasteiger partial charge >= 0.3 is 6.01 Å². The lowest BCUT2D eigenvalue weighted by molar-refractivity contribution is -0.142. The van der Waals surface area contributed by atoms with Gasteiger partial charge in [0.1, 0.15) is 47.6 Å². The first-order valence-corrected chi connectivity index (χ1v) is 28.3. The molecule has 5 fully saturated rings. The van der Waals surface area contributed by atoms with Crippen molar-refractivity contribution in [1.82, 2.24) is 55.7 Å². The van der Waals surface area contributed by atoms with E-state index in [0.29, 0.717) is 76.7 Å². The van der Waals surface area contributed by atoms with Crippen LogP contribution in [-0.2, 0) is 20.9 Å². The van der Waals surface area contributed by atoms with E-state index in [9.17, 15) is 19.8 Å². The fourth-order valence-electron chi connectivity index (χ4n) is 12.2. The summed E-state index contributed by atoms with van der Waals surface area (Å²) in [7, 11) is 0. The van der Waals surface area contributed by atoms with Crippen LogP contribution in [0.3, 0.4) is 0 Å². The van der Waals surface area contributed by atoms with Gasteiger partial charge in [-0.2, -0.15) is 15.1 Å². The molecule has 2 amide bonds. The number of amides is 2.